The average molecular weight is 397 g/mol. The minimum Gasteiger partial charge on any atom is -0.356 e. The first-order chi connectivity index (χ1) is 14.0. The average Bonchev–Trinajstić information content (AvgIpc) is 3.18. The first-order valence-electron chi connectivity index (χ1n) is 10.3. The molecule has 1 aliphatic carbocycles. The van der Waals surface area contributed by atoms with Crippen molar-refractivity contribution in [1.82, 2.24) is 25.1 Å². The molecule has 1 saturated carbocycles. The van der Waals surface area contributed by atoms with Crippen molar-refractivity contribution in [2.45, 2.75) is 57.0 Å². The number of urea groups is 1. The zero-order valence-corrected chi connectivity index (χ0v) is 16.7. The van der Waals surface area contributed by atoms with Crippen molar-refractivity contribution in [3.8, 4) is 0 Å². The Morgan fingerprint density at radius 2 is 1.97 bits per heavy atom. The molecule has 1 aliphatic heterocycles. The zero-order chi connectivity index (χ0) is 20.4. The number of benzene rings is 1. The number of carbonyl (C=O) groups is 3. The topological polar surface area (TPSA) is 96.3 Å². The fraction of sp³-hybridized carbons (Fsp3) is 0.524. The molecule has 0 bridgehead atoms. The van der Waals surface area contributed by atoms with E-state index in [1.165, 1.54) is 4.90 Å². The summed E-state index contributed by atoms with van der Waals surface area (Å²) in [6, 6.07) is 6.74. The fourth-order valence-corrected chi connectivity index (χ4v) is 4.36. The molecule has 2 aliphatic rings. The van der Waals surface area contributed by atoms with Crippen LogP contribution < -0.4 is 10.6 Å². The van der Waals surface area contributed by atoms with Crippen LogP contribution in [0.3, 0.4) is 0 Å². The van der Waals surface area contributed by atoms with E-state index >= 15 is 0 Å². The van der Waals surface area contributed by atoms with Gasteiger partial charge in [0, 0.05) is 26.1 Å². The third kappa shape index (κ3) is 3.97. The molecule has 2 aromatic rings. The van der Waals surface area contributed by atoms with E-state index in [0.29, 0.717) is 13.0 Å². The highest BCUT2D eigenvalue weighted by atomic mass is 16.2. The normalized spacial score (nSPS) is 20.3. The lowest BCUT2D eigenvalue weighted by molar-refractivity contribution is -0.132. The molecule has 1 aromatic heterocycles. The lowest BCUT2D eigenvalue weighted by atomic mass is 9.94. The molecular formula is C21H27N5O3. The number of para-hydroxylation sites is 2. The number of fused-ring (bicyclic) bond motifs is 1. The minimum absolute atomic E-state index is 0.0261. The van der Waals surface area contributed by atoms with E-state index in [0.717, 1.165) is 49.0 Å². The Balaban J connectivity index is 1.29. The lowest BCUT2D eigenvalue weighted by Gasteiger charge is -2.28. The summed E-state index contributed by atoms with van der Waals surface area (Å²) in [6.07, 6.45) is 5.50. The largest absolute Gasteiger partial charge is 0.356 e. The standard InChI is InChI=1S/C21H27N5O3/c1-25-17-10-6-5-9-15(17)23-18(25)11-12-22-19(27)13-16-20(28)26(21(29)24-16)14-7-3-2-4-8-14/h5-6,9-10,14,16H,2-4,7-8,11-13H2,1H3,(H,22,27)(H,24,29)/t16-/m1/s1. The molecule has 1 aromatic carbocycles. The predicted molar refractivity (Wildman–Crippen MR) is 108 cm³/mol. The number of hydrogen-bond acceptors (Lipinski definition) is 4. The van der Waals surface area contributed by atoms with Gasteiger partial charge in [0.1, 0.15) is 11.9 Å². The molecule has 2 N–H and O–H groups in total. The number of amides is 4. The Morgan fingerprint density at radius 1 is 1.21 bits per heavy atom. The Kier molecular flexibility index (Phi) is 5.51. The summed E-state index contributed by atoms with van der Waals surface area (Å²) in [7, 11) is 1.96. The van der Waals surface area contributed by atoms with Crippen LogP contribution in [0, 0.1) is 0 Å². The molecule has 4 amide bonds. The Bertz CT molecular complexity index is 932. The number of carbonyl (C=O) groups excluding carboxylic acids is 3. The molecule has 0 spiro atoms. The second-order valence-corrected chi connectivity index (χ2v) is 7.88. The van der Waals surface area contributed by atoms with Crippen molar-refractivity contribution in [3.05, 3.63) is 30.1 Å². The number of hydrogen-bond donors (Lipinski definition) is 2. The summed E-state index contributed by atoms with van der Waals surface area (Å²) >= 11 is 0. The van der Waals surface area contributed by atoms with Crippen LogP contribution >= 0.6 is 0 Å². The second-order valence-electron chi connectivity index (χ2n) is 7.88. The smallest absolute Gasteiger partial charge is 0.325 e. The van der Waals surface area contributed by atoms with Gasteiger partial charge in [-0.3, -0.25) is 14.5 Å². The van der Waals surface area contributed by atoms with Crippen LogP contribution in [0.15, 0.2) is 24.3 Å². The first kappa shape index (κ1) is 19.4. The van der Waals surface area contributed by atoms with Crippen LogP contribution in [0.2, 0.25) is 0 Å². The number of aromatic nitrogens is 2. The second kappa shape index (κ2) is 8.23. The van der Waals surface area contributed by atoms with Crippen LogP contribution in [0.25, 0.3) is 11.0 Å². The summed E-state index contributed by atoms with van der Waals surface area (Å²) in [5, 5.41) is 5.52. The van der Waals surface area contributed by atoms with Gasteiger partial charge in [-0.2, -0.15) is 0 Å². The molecule has 2 fully saturated rings. The molecule has 0 radical (unpaired) electrons. The van der Waals surface area contributed by atoms with Gasteiger partial charge in [-0.1, -0.05) is 31.4 Å². The van der Waals surface area contributed by atoms with Crippen LogP contribution in [-0.2, 0) is 23.1 Å². The predicted octanol–water partition coefficient (Wildman–Crippen LogP) is 1.88. The Labute approximate surface area is 169 Å². The number of nitrogens with one attached hydrogen (secondary N) is 2. The van der Waals surface area contributed by atoms with Gasteiger partial charge in [0.15, 0.2) is 0 Å². The van der Waals surface area contributed by atoms with Crippen molar-refractivity contribution in [1.29, 1.82) is 0 Å². The van der Waals surface area contributed by atoms with E-state index in [1.54, 1.807) is 0 Å². The molecule has 4 rings (SSSR count). The van der Waals surface area contributed by atoms with Gasteiger partial charge < -0.3 is 15.2 Å². The van der Waals surface area contributed by atoms with Crippen molar-refractivity contribution in [3.63, 3.8) is 0 Å². The fourth-order valence-electron chi connectivity index (χ4n) is 4.36. The van der Waals surface area contributed by atoms with Crippen molar-refractivity contribution >= 4 is 28.9 Å². The Hall–Kier alpha value is -2.90. The van der Waals surface area contributed by atoms with Crippen LogP contribution in [0.5, 0.6) is 0 Å². The van der Waals surface area contributed by atoms with Crippen LogP contribution in [0.1, 0.15) is 44.3 Å². The SMILES string of the molecule is Cn1c(CCNC(=O)C[C@H]2NC(=O)N(C3CCCCC3)C2=O)nc2ccccc21. The molecule has 2 heterocycles. The molecule has 8 nitrogen and oxygen atoms in total. The van der Waals surface area contributed by atoms with Crippen molar-refractivity contribution in [2.75, 3.05) is 6.54 Å². The van der Waals surface area contributed by atoms with Gasteiger partial charge in [-0.25, -0.2) is 9.78 Å². The maximum atomic E-state index is 12.6. The molecule has 154 valence electrons. The maximum Gasteiger partial charge on any atom is 0.325 e. The van der Waals surface area contributed by atoms with E-state index in [1.807, 2.05) is 35.9 Å². The van der Waals surface area contributed by atoms with Gasteiger partial charge in [-0.15, -0.1) is 0 Å². The van der Waals surface area contributed by atoms with E-state index in [4.69, 9.17) is 0 Å². The minimum atomic E-state index is -0.764. The van der Waals surface area contributed by atoms with Gasteiger partial charge in [0.05, 0.1) is 17.5 Å². The van der Waals surface area contributed by atoms with E-state index < -0.39 is 6.04 Å². The van der Waals surface area contributed by atoms with E-state index in [2.05, 4.69) is 15.6 Å². The summed E-state index contributed by atoms with van der Waals surface area (Å²) in [5.41, 5.74) is 1.98. The molecule has 0 unspecified atom stereocenters. The van der Waals surface area contributed by atoms with E-state index in [9.17, 15) is 14.4 Å². The molecular weight excluding hydrogens is 370 g/mol. The number of aryl methyl sites for hydroxylation is 1. The number of imidazole rings is 1. The lowest BCUT2D eigenvalue weighted by Crippen LogP contribution is -2.42. The highest BCUT2D eigenvalue weighted by molar-refractivity contribution is 6.06. The summed E-state index contributed by atoms with van der Waals surface area (Å²) in [6.45, 7) is 0.428. The maximum absolute atomic E-state index is 12.6. The molecule has 1 atom stereocenters. The summed E-state index contributed by atoms with van der Waals surface area (Å²) in [5.74, 6) is 0.375. The van der Waals surface area contributed by atoms with E-state index in [-0.39, 0.29) is 30.3 Å². The van der Waals surface area contributed by atoms with Crippen LogP contribution in [-0.4, -0.2) is 50.9 Å². The third-order valence-corrected chi connectivity index (χ3v) is 5.93. The number of nitrogens with zero attached hydrogens (tertiary/aromatic N) is 3. The molecule has 8 heteroatoms. The van der Waals surface area contributed by atoms with Crippen molar-refractivity contribution in [2.24, 2.45) is 7.05 Å². The number of rotatable bonds is 6. The highest BCUT2D eigenvalue weighted by Gasteiger charge is 2.42. The zero-order valence-electron chi connectivity index (χ0n) is 16.7. The summed E-state index contributed by atoms with van der Waals surface area (Å²) < 4.78 is 2.02. The van der Waals surface area contributed by atoms with Gasteiger partial charge in [-0.05, 0) is 25.0 Å². The highest BCUT2D eigenvalue weighted by Crippen LogP contribution is 2.25. The first-order valence-corrected chi connectivity index (χ1v) is 10.3. The molecule has 1 saturated heterocycles. The quantitative estimate of drug-likeness (QED) is 0.728. The van der Waals surface area contributed by atoms with Gasteiger partial charge >= 0.3 is 6.03 Å². The van der Waals surface area contributed by atoms with Gasteiger partial charge in [0.25, 0.3) is 5.91 Å². The monoisotopic (exact) mass is 397 g/mol. The van der Waals surface area contributed by atoms with Crippen molar-refractivity contribution < 1.29 is 14.4 Å². The van der Waals surface area contributed by atoms with Crippen LogP contribution in [0.4, 0.5) is 4.79 Å². The Morgan fingerprint density at radius 3 is 2.72 bits per heavy atom. The molecule has 29 heavy (non-hydrogen) atoms. The third-order valence-electron chi connectivity index (χ3n) is 5.93. The number of imide groups is 1. The summed E-state index contributed by atoms with van der Waals surface area (Å²) in [4.78, 5) is 43.1. The van der Waals surface area contributed by atoms with Gasteiger partial charge in [0.2, 0.25) is 5.91 Å².